The summed E-state index contributed by atoms with van der Waals surface area (Å²) in [5, 5.41) is 5.60. The van der Waals surface area contributed by atoms with Crippen LogP contribution in [0.3, 0.4) is 0 Å². The van der Waals surface area contributed by atoms with E-state index >= 15 is 0 Å². The summed E-state index contributed by atoms with van der Waals surface area (Å²) in [4.78, 5) is 54.6. The molecular formula is C31H46N4O7. The molecule has 232 valence electrons. The first-order valence-corrected chi connectivity index (χ1v) is 15.2. The van der Waals surface area contributed by atoms with Crippen molar-refractivity contribution >= 4 is 23.6 Å². The summed E-state index contributed by atoms with van der Waals surface area (Å²) >= 11 is 0. The van der Waals surface area contributed by atoms with E-state index in [4.69, 9.17) is 19.9 Å². The lowest BCUT2D eigenvalue weighted by molar-refractivity contribution is -0.146. The third-order valence-corrected chi connectivity index (χ3v) is 9.20. The SMILES string of the molecule is COc1cc([C@@H](C(=O)N2CCCC[C@H]2C(=O)NC2(C(=O)NCC(N)=O)CCCC2)C2CCCCC2)cc(OC)c1OC. The Labute approximate surface area is 248 Å². The molecule has 1 aromatic rings. The number of rotatable bonds is 11. The van der Waals surface area contributed by atoms with Gasteiger partial charge in [-0.05, 0) is 68.6 Å². The van der Waals surface area contributed by atoms with Crippen molar-refractivity contribution in [2.24, 2.45) is 11.7 Å². The minimum atomic E-state index is -1.11. The van der Waals surface area contributed by atoms with Gasteiger partial charge in [0, 0.05) is 6.54 Å². The number of methoxy groups -OCH3 is 3. The molecular weight excluding hydrogens is 540 g/mol. The molecule has 4 amide bonds. The molecule has 0 aromatic heterocycles. The third kappa shape index (κ3) is 6.76. The summed E-state index contributed by atoms with van der Waals surface area (Å²) in [7, 11) is 4.66. The van der Waals surface area contributed by atoms with Crippen LogP contribution in [0.15, 0.2) is 12.1 Å². The maximum atomic E-state index is 14.6. The maximum Gasteiger partial charge on any atom is 0.246 e. The zero-order chi connectivity index (χ0) is 30.3. The number of carbonyl (C=O) groups excluding carboxylic acids is 4. The molecule has 2 atom stereocenters. The molecule has 0 radical (unpaired) electrons. The number of nitrogens with two attached hydrogens (primary N) is 1. The van der Waals surface area contributed by atoms with Crippen LogP contribution in [0.4, 0.5) is 0 Å². The number of likely N-dealkylation sites (tertiary alicyclic amines) is 1. The highest BCUT2D eigenvalue weighted by atomic mass is 16.5. The molecule has 0 bridgehead atoms. The monoisotopic (exact) mass is 586 g/mol. The number of benzene rings is 1. The second kappa shape index (κ2) is 14.1. The molecule has 0 unspecified atom stereocenters. The second-order valence-electron chi connectivity index (χ2n) is 11.8. The molecule has 3 aliphatic rings. The number of piperidine rings is 1. The molecule has 1 saturated heterocycles. The average Bonchev–Trinajstić information content (AvgIpc) is 3.49. The van der Waals surface area contributed by atoms with Gasteiger partial charge in [-0.25, -0.2) is 0 Å². The van der Waals surface area contributed by atoms with Gasteiger partial charge in [-0.15, -0.1) is 0 Å². The molecule has 3 fully saturated rings. The predicted octanol–water partition coefficient (Wildman–Crippen LogP) is 2.79. The van der Waals surface area contributed by atoms with E-state index in [2.05, 4.69) is 10.6 Å². The number of carbonyl (C=O) groups is 4. The number of amides is 4. The van der Waals surface area contributed by atoms with Crippen molar-refractivity contribution in [1.29, 1.82) is 0 Å². The molecule has 1 aromatic carbocycles. The lowest BCUT2D eigenvalue weighted by Gasteiger charge is -2.41. The van der Waals surface area contributed by atoms with Crippen LogP contribution in [-0.2, 0) is 19.2 Å². The highest BCUT2D eigenvalue weighted by Crippen LogP contribution is 2.45. The zero-order valence-corrected chi connectivity index (χ0v) is 25.2. The minimum absolute atomic E-state index is 0.0883. The van der Waals surface area contributed by atoms with Gasteiger partial charge in [0.2, 0.25) is 29.4 Å². The van der Waals surface area contributed by atoms with Gasteiger partial charge in [0.15, 0.2) is 11.5 Å². The van der Waals surface area contributed by atoms with Crippen LogP contribution in [-0.4, -0.2) is 74.5 Å². The first-order chi connectivity index (χ1) is 20.2. The maximum absolute atomic E-state index is 14.6. The second-order valence-corrected chi connectivity index (χ2v) is 11.8. The lowest BCUT2D eigenvalue weighted by atomic mass is 9.75. The van der Waals surface area contributed by atoms with Crippen molar-refractivity contribution in [2.45, 2.75) is 94.5 Å². The van der Waals surface area contributed by atoms with Gasteiger partial charge in [0.1, 0.15) is 11.6 Å². The molecule has 1 aliphatic heterocycles. The van der Waals surface area contributed by atoms with Crippen molar-refractivity contribution < 1.29 is 33.4 Å². The molecule has 11 heteroatoms. The van der Waals surface area contributed by atoms with E-state index in [0.29, 0.717) is 43.1 Å². The van der Waals surface area contributed by atoms with Gasteiger partial charge in [0.05, 0.1) is 33.8 Å². The number of hydrogen-bond donors (Lipinski definition) is 3. The molecule has 42 heavy (non-hydrogen) atoms. The largest absolute Gasteiger partial charge is 0.493 e. The highest BCUT2D eigenvalue weighted by molar-refractivity contribution is 5.97. The average molecular weight is 587 g/mol. The summed E-state index contributed by atoms with van der Waals surface area (Å²) in [5.41, 5.74) is 4.90. The van der Waals surface area contributed by atoms with Crippen LogP contribution in [0.1, 0.15) is 88.5 Å². The van der Waals surface area contributed by atoms with Gasteiger partial charge >= 0.3 is 0 Å². The Morgan fingerprint density at radius 3 is 2.10 bits per heavy atom. The zero-order valence-electron chi connectivity index (χ0n) is 25.2. The Kier molecular flexibility index (Phi) is 10.6. The first kappa shape index (κ1) is 31.4. The number of primary amides is 1. The Hall–Kier alpha value is -3.50. The van der Waals surface area contributed by atoms with E-state index in [1.54, 1.807) is 26.2 Å². The van der Waals surface area contributed by atoms with Crippen molar-refractivity contribution in [3.8, 4) is 17.2 Å². The highest BCUT2D eigenvalue weighted by Gasteiger charge is 2.46. The fourth-order valence-corrected chi connectivity index (χ4v) is 7.05. The summed E-state index contributed by atoms with van der Waals surface area (Å²) in [6, 6.07) is 3.02. The van der Waals surface area contributed by atoms with Crippen molar-refractivity contribution in [2.75, 3.05) is 34.4 Å². The predicted molar refractivity (Wildman–Crippen MR) is 156 cm³/mol. The van der Waals surface area contributed by atoms with Crippen molar-refractivity contribution in [3.05, 3.63) is 17.7 Å². The van der Waals surface area contributed by atoms with E-state index in [0.717, 1.165) is 63.4 Å². The molecule has 2 aliphatic carbocycles. The number of nitrogens with zero attached hydrogens (tertiary/aromatic N) is 1. The van der Waals surface area contributed by atoms with Gasteiger partial charge in [-0.3, -0.25) is 19.2 Å². The lowest BCUT2D eigenvalue weighted by Crippen LogP contribution is -2.62. The summed E-state index contributed by atoms with van der Waals surface area (Å²) in [6.45, 7) is 0.174. The standard InChI is InChI=1S/C31H46N4O7/c1-40-23-17-21(18-24(41-2)27(23)42-3)26(20-11-5-4-6-12-20)29(38)35-16-10-7-13-22(35)28(37)34-31(14-8-9-15-31)30(39)33-19-25(32)36/h17-18,20,22,26H,4-16,19H2,1-3H3,(H2,32,36)(H,33,39)(H,34,37)/t22-,26-/m0/s1. The molecule has 2 saturated carbocycles. The van der Waals surface area contributed by atoms with Crippen LogP contribution in [0, 0.1) is 5.92 Å². The number of ether oxygens (including phenoxy) is 3. The summed E-state index contributed by atoms with van der Waals surface area (Å²) in [5.74, 6) is -0.401. The van der Waals surface area contributed by atoms with E-state index in [1.165, 1.54) is 0 Å². The van der Waals surface area contributed by atoms with Crippen LogP contribution >= 0.6 is 0 Å². The fourth-order valence-electron chi connectivity index (χ4n) is 7.05. The fraction of sp³-hybridized carbons (Fsp3) is 0.677. The molecule has 4 N–H and O–H groups in total. The quantitative estimate of drug-likeness (QED) is 0.361. The van der Waals surface area contributed by atoms with Crippen molar-refractivity contribution in [3.63, 3.8) is 0 Å². The smallest absolute Gasteiger partial charge is 0.246 e. The molecule has 11 nitrogen and oxygen atoms in total. The van der Waals surface area contributed by atoms with E-state index in [9.17, 15) is 19.2 Å². The first-order valence-electron chi connectivity index (χ1n) is 15.2. The Morgan fingerprint density at radius 1 is 0.905 bits per heavy atom. The summed E-state index contributed by atoms with van der Waals surface area (Å²) in [6.07, 6.45) is 9.70. The third-order valence-electron chi connectivity index (χ3n) is 9.20. The van der Waals surface area contributed by atoms with Crippen LogP contribution in [0.5, 0.6) is 17.2 Å². The molecule has 1 heterocycles. The number of hydrogen-bond acceptors (Lipinski definition) is 7. The van der Waals surface area contributed by atoms with E-state index in [-0.39, 0.29) is 24.3 Å². The van der Waals surface area contributed by atoms with E-state index < -0.39 is 29.3 Å². The number of nitrogens with one attached hydrogen (secondary N) is 2. The summed E-state index contributed by atoms with van der Waals surface area (Å²) < 4.78 is 16.8. The van der Waals surface area contributed by atoms with Gasteiger partial charge in [-0.2, -0.15) is 0 Å². The molecule has 0 spiro atoms. The normalized spacial score (nSPS) is 21.2. The molecule has 4 rings (SSSR count). The van der Waals surface area contributed by atoms with Crippen LogP contribution < -0.4 is 30.6 Å². The Bertz CT molecular complexity index is 1120. The van der Waals surface area contributed by atoms with E-state index in [1.807, 2.05) is 12.1 Å². The van der Waals surface area contributed by atoms with Crippen LogP contribution in [0.2, 0.25) is 0 Å². The Balaban J connectivity index is 1.65. The van der Waals surface area contributed by atoms with Crippen molar-refractivity contribution in [1.82, 2.24) is 15.5 Å². The van der Waals surface area contributed by atoms with Gasteiger partial charge < -0.3 is 35.5 Å². The van der Waals surface area contributed by atoms with Crippen LogP contribution in [0.25, 0.3) is 0 Å². The Morgan fingerprint density at radius 2 is 1.52 bits per heavy atom. The topological polar surface area (TPSA) is 149 Å². The minimum Gasteiger partial charge on any atom is -0.493 e. The van der Waals surface area contributed by atoms with Gasteiger partial charge in [0.25, 0.3) is 0 Å². The van der Waals surface area contributed by atoms with Gasteiger partial charge in [-0.1, -0.05) is 32.1 Å².